The lowest BCUT2D eigenvalue weighted by molar-refractivity contribution is -0.155. The number of ketones is 2. The van der Waals surface area contributed by atoms with Gasteiger partial charge in [-0.3, -0.25) is 19.8 Å². The zero-order valence-electron chi connectivity index (χ0n) is 20.9. The van der Waals surface area contributed by atoms with E-state index in [0.29, 0.717) is 31.7 Å². The van der Waals surface area contributed by atoms with E-state index in [9.17, 15) is 32.3 Å². The van der Waals surface area contributed by atoms with Gasteiger partial charge in [0.15, 0.2) is 5.78 Å². The highest BCUT2D eigenvalue weighted by Crippen LogP contribution is 2.50. The summed E-state index contributed by atoms with van der Waals surface area (Å²) in [6.07, 6.45) is -2.45. The molecule has 1 aromatic rings. The number of amides is 2. The quantitative estimate of drug-likeness (QED) is 0.393. The van der Waals surface area contributed by atoms with Crippen LogP contribution in [0.15, 0.2) is 10.6 Å². The molecule has 12 heteroatoms. The maximum atomic E-state index is 13.3. The van der Waals surface area contributed by atoms with Crippen LogP contribution < -0.4 is 5.43 Å². The smallest absolute Gasteiger partial charge is 0.442 e. The van der Waals surface area contributed by atoms with E-state index >= 15 is 0 Å². The van der Waals surface area contributed by atoms with Gasteiger partial charge in [0.25, 0.3) is 0 Å². The number of nitrogens with one attached hydrogen (secondary N) is 1. The first-order valence-electron chi connectivity index (χ1n) is 12.0. The lowest BCUT2D eigenvalue weighted by Gasteiger charge is -2.30. The highest BCUT2D eigenvalue weighted by Gasteiger charge is 2.43. The highest BCUT2D eigenvalue weighted by molar-refractivity contribution is 5.97. The summed E-state index contributed by atoms with van der Waals surface area (Å²) in [6, 6.07) is 0.509. The minimum Gasteiger partial charge on any atom is -0.442 e. The molecule has 2 atom stereocenters. The van der Waals surface area contributed by atoms with E-state index in [0.717, 1.165) is 17.9 Å². The van der Waals surface area contributed by atoms with E-state index in [1.165, 1.54) is 0 Å². The van der Waals surface area contributed by atoms with Crippen LogP contribution in [-0.4, -0.2) is 45.9 Å². The van der Waals surface area contributed by atoms with Crippen molar-refractivity contribution in [1.29, 1.82) is 0 Å². The number of carbonyl (C=O) groups excluding carboxylic acids is 4. The molecule has 0 saturated heterocycles. The van der Waals surface area contributed by atoms with Gasteiger partial charge < -0.3 is 9.26 Å². The molecule has 0 aromatic carbocycles. The number of Topliss-reactive ketones (excluding diaryl/α,β-unsaturated/α-hetero) is 2. The molecule has 0 bridgehead atoms. The molecule has 2 saturated carbocycles. The van der Waals surface area contributed by atoms with E-state index in [2.05, 4.69) is 15.1 Å². The summed E-state index contributed by atoms with van der Waals surface area (Å²) in [5, 5.41) is 4.18. The summed E-state index contributed by atoms with van der Waals surface area (Å²) in [6.45, 7) is 6.85. The Morgan fingerprint density at radius 2 is 1.94 bits per heavy atom. The third-order valence-corrected chi connectivity index (χ3v) is 6.41. The molecule has 200 valence electrons. The van der Waals surface area contributed by atoms with Gasteiger partial charge in [0.1, 0.15) is 17.1 Å². The van der Waals surface area contributed by atoms with Gasteiger partial charge in [-0.25, -0.2) is 9.80 Å². The standard InChI is InChI=1S/C24H32F3N3O6/c1-22(2,3)35-21(34)30(13-14-6-5-7-17(14)31)28-20(33)15(12-23(4)8-9-23)10-18(32)16-11-19(36-29-16)24(25,26)27/h11,14-15H,5-10,12-13H2,1-4H3,(H,28,33)/t14-,15-/m0/s1. The van der Waals surface area contributed by atoms with Crippen molar-refractivity contribution in [2.75, 3.05) is 6.54 Å². The lowest BCUT2D eigenvalue weighted by atomic mass is 9.88. The number of carbonyl (C=O) groups is 4. The predicted octanol–water partition coefficient (Wildman–Crippen LogP) is 4.71. The Morgan fingerprint density at radius 1 is 1.28 bits per heavy atom. The Bertz CT molecular complexity index is 1010. The molecule has 0 spiro atoms. The van der Waals surface area contributed by atoms with Crippen molar-refractivity contribution >= 4 is 23.6 Å². The van der Waals surface area contributed by atoms with Gasteiger partial charge >= 0.3 is 12.3 Å². The van der Waals surface area contributed by atoms with Gasteiger partial charge in [-0.1, -0.05) is 12.1 Å². The fraction of sp³-hybridized carbons (Fsp3) is 0.708. The van der Waals surface area contributed by atoms with E-state index in [1.54, 1.807) is 20.8 Å². The topological polar surface area (TPSA) is 119 Å². The Labute approximate surface area is 207 Å². The third-order valence-electron chi connectivity index (χ3n) is 6.41. The van der Waals surface area contributed by atoms with Crippen molar-refractivity contribution in [3.05, 3.63) is 17.5 Å². The zero-order chi connectivity index (χ0) is 26.9. The van der Waals surface area contributed by atoms with E-state index in [4.69, 9.17) is 4.74 Å². The van der Waals surface area contributed by atoms with Gasteiger partial charge in [-0.2, -0.15) is 13.2 Å². The van der Waals surface area contributed by atoms with Crippen molar-refractivity contribution in [2.24, 2.45) is 17.3 Å². The number of hydrogen-bond donors (Lipinski definition) is 1. The van der Waals surface area contributed by atoms with Crippen molar-refractivity contribution in [3.63, 3.8) is 0 Å². The molecular weight excluding hydrogens is 483 g/mol. The van der Waals surface area contributed by atoms with E-state index in [1.807, 2.05) is 6.92 Å². The molecule has 1 N–H and O–H groups in total. The first kappa shape index (κ1) is 27.7. The van der Waals surface area contributed by atoms with Crippen LogP contribution in [0.25, 0.3) is 0 Å². The van der Waals surface area contributed by atoms with Gasteiger partial charge in [0, 0.05) is 30.7 Å². The molecule has 3 rings (SSSR count). The molecule has 0 unspecified atom stereocenters. The first-order chi connectivity index (χ1) is 16.6. The molecule has 2 amide bonds. The van der Waals surface area contributed by atoms with Gasteiger partial charge in [0.05, 0.1) is 6.54 Å². The number of rotatable bonds is 8. The monoisotopic (exact) mass is 515 g/mol. The van der Waals surface area contributed by atoms with Crippen LogP contribution in [0.5, 0.6) is 0 Å². The molecule has 9 nitrogen and oxygen atoms in total. The Morgan fingerprint density at radius 3 is 2.44 bits per heavy atom. The normalized spacial score (nSPS) is 20.1. The van der Waals surface area contributed by atoms with Crippen LogP contribution in [0.2, 0.25) is 0 Å². The summed E-state index contributed by atoms with van der Waals surface area (Å²) in [5.41, 5.74) is 0.934. The van der Waals surface area contributed by atoms with Crippen LogP contribution in [0.1, 0.15) is 88.9 Å². The fourth-order valence-corrected chi connectivity index (χ4v) is 4.15. The molecule has 2 aliphatic carbocycles. The van der Waals surface area contributed by atoms with Crippen molar-refractivity contribution in [1.82, 2.24) is 15.6 Å². The molecule has 2 fully saturated rings. The summed E-state index contributed by atoms with van der Waals surface area (Å²) in [4.78, 5) is 51.0. The Balaban J connectivity index is 1.76. The van der Waals surface area contributed by atoms with Crippen LogP contribution >= 0.6 is 0 Å². The number of halogens is 3. The van der Waals surface area contributed by atoms with Crippen LogP contribution in [0.3, 0.4) is 0 Å². The molecule has 1 heterocycles. The minimum absolute atomic E-state index is 0.0125. The lowest BCUT2D eigenvalue weighted by Crippen LogP contribution is -2.52. The van der Waals surface area contributed by atoms with Crippen molar-refractivity contribution in [2.45, 2.75) is 84.4 Å². The summed E-state index contributed by atoms with van der Waals surface area (Å²) in [5.74, 6) is -4.25. The number of ether oxygens (including phenoxy) is 1. The van der Waals surface area contributed by atoms with Crippen molar-refractivity contribution < 1.29 is 41.6 Å². The second-order valence-electron chi connectivity index (χ2n) is 11.0. The second-order valence-corrected chi connectivity index (χ2v) is 11.0. The van der Waals surface area contributed by atoms with Gasteiger partial charge in [-0.15, -0.1) is 0 Å². The zero-order valence-corrected chi connectivity index (χ0v) is 20.9. The number of hydrazine groups is 1. The SMILES string of the molecule is CC1(C[C@H](CC(=O)c2cc(C(F)(F)F)on2)C(=O)NN(C[C@@H]2CCCC2=O)C(=O)OC(C)(C)C)CC1. The van der Waals surface area contributed by atoms with Crippen LogP contribution in [-0.2, 0) is 20.5 Å². The summed E-state index contributed by atoms with van der Waals surface area (Å²) < 4.78 is 48.1. The molecule has 0 aliphatic heterocycles. The second kappa shape index (κ2) is 10.2. The van der Waals surface area contributed by atoms with Gasteiger partial charge in [-0.05, 0) is 58.3 Å². The van der Waals surface area contributed by atoms with Crippen LogP contribution in [0, 0.1) is 17.3 Å². The molecule has 36 heavy (non-hydrogen) atoms. The summed E-state index contributed by atoms with van der Waals surface area (Å²) in [7, 11) is 0. The van der Waals surface area contributed by atoms with E-state index < -0.39 is 59.3 Å². The number of hydrogen-bond acceptors (Lipinski definition) is 7. The average Bonchev–Trinajstić information content (AvgIpc) is 3.13. The largest absolute Gasteiger partial charge is 0.452 e. The molecular formula is C24H32F3N3O6. The molecule has 2 aliphatic rings. The maximum absolute atomic E-state index is 13.3. The number of aromatic nitrogens is 1. The number of nitrogens with zero attached hydrogens (tertiary/aromatic N) is 2. The highest BCUT2D eigenvalue weighted by atomic mass is 19.4. The van der Waals surface area contributed by atoms with E-state index in [-0.39, 0.29) is 17.7 Å². The van der Waals surface area contributed by atoms with Gasteiger partial charge in [0.2, 0.25) is 11.7 Å². The predicted molar refractivity (Wildman–Crippen MR) is 119 cm³/mol. The third kappa shape index (κ3) is 7.54. The average molecular weight is 516 g/mol. The minimum atomic E-state index is -4.80. The molecule has 0 radical (unpaired) electrons. The Hall–Kier alpha value is -2.92. The van der Waals surface area contributed by atoms with Crippen LogP contribution in [0.4, 0.5) is 18.0 Å². The Kier molecular flexibility index (Phi) is 7.85. The number of alkyl halides is 3. The molecule has 1 aromatic heterocycles. The van der Waals surface area contributed by atoms with Crippen molar-refractivity contribution in [3.8, 4) is 0 Å². The first-order valence-corrected chi connectivity index (χ1v) is 12.0. The fourth-order valence-electron chi connectivity index (χ4n) is 4.15. The maximum Gasteiger partial charge on any atom is 0.452 e. The summed E-state index contributed by atoms with van der Waals surface area (Å²) >= 11 is 0.